The molecule has 1 atom stereocenters. The number of halogens is 1. The second-order valence-electron chi connectivity index (χ2n) is 7.66. The first kappa shape index (κ1) is 20.6. The van der Waals surface area contributed by atoms with E-state index >= 15 is 0 Å². The lowest BCUT2D eigenvalue weighted by Crippen LogP contribution is -2.45. The molecule has 2 heterocycles. The third-order valence-corrected chi connectivity index (χ3v) is 7.52. The smallest absolute Gasteiger partial charge is 0.243 e. The molecule has 30 heavy (non-hydrogen) atoms. The minimum Gasteiger partial charge on any atom is -0.352 e. The number of nitrogens with zero attached hydrogens (tertiary/aromatic N) is 2. The van der Waals surface area contributed by atoms with Crippen molar-refractivity contribution in [3.8, 4) is 0 Å². The van der Waals surface area contributed by atoms with Crippen LogP contribution in [0.5, 0.6) is 0 Å². The highest BCUT2D eigenvalue weighted by molar-refractivity contribution is 7.89. The van der Waals surface area contributed by atoms with Crippen LogP contribution in [0.25, 0.3) is 10.9 Å². The van der Waals surface area contributed by atoms with Gasteiger partial charge in [-0.3, -0.25) is 4.79 Å². The van der Waals surface area contributed by atoms with Crippen LogP contribution >= 0.6 is 0 Å². The zero-order chi connectivity index (χ0) is 21.3. The molecule has 3 aromatic rings. The minimum absolute atomic E-state index is 0.0828. The third kappa shape index (κ3) is 3.97. The summed E-state index contributed by atoms with van der Waals surface area (Å²) in [6.45, 7) is 0.587. The lowest BCUT2D eigenvalue weighted by Gasteiger charge is -2.31. The van der Waals surface area contributed by atoms with E-state index < -0.39 is 15.9 Å². The van der Waals surface area contributed by atoms with Gasteiger partial charge in [0.25, 0.3) is 0 Å². The van der Waals surface area contributed by atoms with E-state index in [1.165, 1.54) is 10.4 Å². The lowest BCUT2D eigenvalue weighted by molar-refractivity contribution is -0.126. The summed E-state index contributed by atoms with van der Waals surface area (Å²) in [7, 11) is -1.79. The van der Waals surface area contributed by atoms with Gasteiger partial charge in [-0.1, -0.05) is 18.2 Å². The Morgan fingerprint density at radius 1 is 1.20 bits per heavy atom. The van der Waals surface area contributed by atoms with Gasteiger partial charge in [-0.25, -0.2) is 12.8 Å². The number of nitrogens with one attached hydrogen (secondary N) is 1. The number of carbonyl (C=O) groups is 1. The van der Waals surface area contributed by atoms with Gasteiger partial charge in [0.2, 0.25) is 15.9 Å². The van der Waals surface area contributed by atoms with Gasteiger partial charge in [0.15, 0.2) is 0 Å². The Kier molecular flexibility index (Phi) is 5.62. The summed E-state index contributed by atoms with van der Waals surface area (Å²) < 4.78 is 43.4. The van der Waals surface area contributed by atoms with Crippen molar-refractivity contribution in [3.63, 3.8) is 0 Å². The van der Waals surface area contributed by atoms with Crippen LogP contribution in [0.4, 0.5) is 4.39 Å². The van der Waals surface area contributed by atoms with Gasteiger partial charge in [0, 0.05) is 49.3 Å². The van der Waals surface area contributed by atoms with E-state index in [9.17, 15) is 17.6 Å². The van der Waals surface area contributed by atoms with Crippen molar-refractivity contribution in [2.24, 2.45) is 13.0 Å². The average molecular weight is 430 g/mol. The quantitative estimate of drug-likeness (QED) is 0.678. The Morgan fingerprint density at radius 3 is 2.80 bits per heavy atom. The van der Waals surface area contributed by atoms with Crippen molar-refractivity contribution in [2.75, 3.05) is 13.1 Å². The van der Waals surface area contributed by atoms with E-state index in [1.807, 2.05) is 23.9 Å². The van der Waals surface area contributed by atoms with E-state index in [1.54, 1.807) is 36.4 Å². The van der Waals surface area contributed by atoms with Gasteiger partial charge in [-0.2, -0.15) is 4.31 Å². The fourth-order valence-electron chi connectivity index (χ4n) is 3.91. The van der Waals surface area contributed by atoms with Crippen molar-refractivity contribution >= 4 is 26.8 Å². The number of benzene rings is 2. The number of fused-ring (bicyclic) bond motifs is 1. The highest BCUT2D eigenvalue weighted by Crippen LogP contribution is 2.26. The number of aryl methyl sites for hydroxylation is 1. The van der Waals surface area contributed by atoms with E-state index in [0.29, 0.717) is 24.9 Å². The van der Waals surface area contributed by atoms with Crippen molar-refractivity contribution in [1.29, 1.82) is 0 Å². The number of sulfonamides is 1. The Balaban J connectivity index is 1.46. The summed E-state index contributed by atoms with van der Waals surface area (Å²) in [6, 6.07) is 13.2. The second-order valence-corrected chi connectivity index (χ2v) is 9.60. The van der Waals surface area contributed by atoms with Crippen LogP contribution in [-0.2, 0) is 28.4 Å². The molecule has 0 saturated carbocycles. The number of aromatic nitrogens is 1. The predicted molar refractivity (Wildman–Crippen MR) is 113 cm³/mol. The number of carbonyl (C=O) groups excluding carboxylic acids is 1. The Bertz CT molecular complexity index is 1190. The highest BCUT2D eigenvalue weighted by atomic mass is 32.2. The van der Waals surface area contributed by atoms with E-state index in [2.05, 4.69) is 5.32 Å². The van der Waals surface area contributed by atoms with Gasteiger partial charge in [0.05, 0.1) is 10.8 Å². The third-order valence-electron chi connectivity index (χ3n) is 5.66. The standard InChI is InChI=1S/C22H24FN3O3S/c1-25-12-10-16-13-19(8-9-21(16)25)30(28,29)26-11-4-6-18(15-26)22(27)24-14-17-5-2-3-7-20(17)23/h2-3,5,7-10,12-13,18H,4,6,11,14-15H2,1H3,(H,24,27)/t18-/m1/s1. The molecule has 0 radical (unpaired) electrons. The molecular formula is C22H24FN3O3S. The van der Waals surface area contributed by atoms with Crippen molar-refractivity contribution in [3.05, 3.63) is 66.1 Å². The zero-order valence-corrected chi connectivity index (χ0v) is 17.5. The molecule has 6 nitrogen and oxygen atoms in total. The monoisotopic (exact) mass is 429 g/mol. The van der Waals surface area contributed by atoms with E-state index in [-0.39, 0.29) is 29.7 Å². The summed E-state index contributed by atoms with van der Waals surface area (Å²) in [4.78, 5) is 12.8. The molecule has 1 N–H and O–H groups in total. The molecule has 0 bridgehead atoms. The van der Waals surface area contributed by atoms with E-state index in [0.717, 1.165) is 10.9 Å². The molecule has 1 saturated heterocycles. The van der Waals surface area contributed by atoms with E-state index in [4.69, 9.17) is 0 Å². The van der Waals surface area contributed by atoms with Crippen molar-refractivity contribution in [2.45, 2.75) is 24.3 Å². The fraction of sp³-hybridized carbons (Fsp3) is 0.318. The van der Waals surface area contributed by atoms with Crippen molar-refractivity contribution < 1.29 is 17.6 Å². The summed E-state index contributed by atoms with van der Waals surface area (Å²) in [5, 5.41) is 3.60. The molecule has 4 rings (SSSR count). The maximum absolute atomic E-state index is 13.8. The lowest BCUT2D eigenvalue weighted by atomic mass is 9.98. The van der Waals surface area contributed by atoms with Crippen LogP contribution < -0.4 is 5.32 Å². The summed E-state index contributed by atoms with van der Waals surface area (Å²) in [6.07, 6.45) is 3.09. The number of amides is 1. The predicted octanol–water partition coefficient (Wildman–Crippen LogP) is 3.03. The highest BCUT2D eigenvalue weighted by Gasteiger charge is 2.33. The number of hydrogen-bond acceptors (Lipinski definition) is 3. The molecule has 1 amide bonds. The molecule has 1 aliphatic heterocycles. The van der Waals surface area contributed by atoms with Gasteiger partial charge in [-0.05, 0) is 43.2 Å². The molecule has 1 fully saturated rings. The largest absolute Gasteiger partial charge is 0.352 e. The molecule has 0 aliphatic carbocycles. The van der Waals surface area contributed by atoms with Crippen LogP contribution in [0.3, 0.4) is 0 Å². The first-order valence-electron chi connectivity index (χ1n) is 9.92. The SMILES string of the molecule is Cn1ccc2cc(S(=O)(=O)N3CCC[C@@H](C(=O)NCc4ccccc4F)C3)ccc21. The summed E-state index contributed by atoms with van der Waals surface area (Å²) in [5.41, 5.74) is 1.36. The van der Waals surface area contributed by atoms with Crippen molar-refractivity contribution in [1.82, 2.24) is 14.2 Å². The van der Waals surface area contributed by atoms with Gasteiger partial charge >= 0.3 is 0 Å². The number of hydrogen-bond donors (Lipinski definition) is 1. The van der Waals surface area contributed by atoms with Gasteiger partial charge in [0.1, 0.15) is 5.82 Å². The maximum Gasteiger partial charge on any atom is 0.243 e. The molecule has 1 aliphatic rings. The zero-order valence-electron chi connectivity index (χ0n) is 16.7. The molecule has 0 unspecified atom stereocenters. The molecule has 1 aromatic heterocycles. The van der Waals surface area contributed by atoms with Crippen LogP contribution in [0.2, 0.25) is 0 Å². The Labute approximate surface area is 175 Å². The van der Waals surface area contributed by atoms with Crippen LogP contribution in [0, 0.1) is 11.7 Å². The van der Waals surface area contributed by atoms with Gasteiger partial charge in [-0.15, -0.1) is 0 Å². The molecule has 2 aromatic carbocycles. The fourth-order valence-corrected chi connectivity index (χ4v) is 5.47. The molecule has 158 valence electrons. The first-order chi connectivity index (χ1) is 14.4. The average Bonchev–Trinajstić information content (AvgIpc) is 3.13. The topological polar surface area (TPSA) is 71.4 Å². The summed E-state index contributed by atoms with van der Waals surface area (Å²) in [5.74, 6) is -1.08. The molecule has 0 spiro atoms. The van der Waals surface area contributed by atoms with Crippen LogP contribution in [0.1, 0.15) is 18.4 Å². The van der Waals surface area contributed by atoms with Crippen LogP contribution in [-0.4, -0.2) is 36.3 Å². The first-order valence-corrected chi connectivity index (χ1v) is 11.4. The molecular weight excluding hydrogens is 405 g/mol. The number of rotatable bonds is 5. The van der Waals surface area contributed by atoms with Crippen LogP contribution in [0.15, 0.2) is 59.6 Å². The Hall–Kier alpha value is -2.71. The molecule has 8 heteroatoms. The maximum atomic E-state index is 13.8. The van der Waals surface area contributed by atoms with Gasteiger partial charge < -0.3 is 9.88 Å². The second kappa shape index (κ2) is 8.20. The Morgan fingerprint density at radius 2 is 2.00 bits per heavy atom. The number of piperidine rings is 1. The minimum atomic E-state index is -3.70. The summed E-state index contributed by atoms with van der Waals surface area (Å²) >= 11 is 0. The normalized spacial score (nSPS) is 17.9.